The van der Waals surface area contributed by atoms with Crippen LogP contribution in [0.2, 0.25) is 0 Å². The zero-order valence-electron chi connectivity index (χ0n) is 46.4. The van der Waals surface area contributed by atoms with E-state index < -0.39 is 12.1 Å². The van der Waals surface area contributed by atoms with Gasteiger partial charge in [0, 0.05) is 6.42 Å². The maximum absolute atomic E-state index is 12.5. The highest BCUT2D eigenvalue weighted by Crippen LogP contribution is 2.18. The van der Waals surface area contributed by atoms with E-state index in [0.717, 1.165) is 32.1 Å². The molecule has 0 heterocycles. The SMILES string of the molecule is CCCCCCC/C=C\C/C=C\CCCCCCCCCCCCCC(=O)NC(CO)C(O)/C=C/CCCCCCCCCCCCCCCCCCCCCCCCCCCCCCCCC. The third kappa shape index (κ3) is 55.5. The normalized spacial score (nSPS) is 12.9. The molecule has 0 radical (unpaired) electrons. The zero-order chi connectivity index (χ0) is 49.2. The smallest absolute Gasteiger partial charge is 0.220 e. The molecule has 0 aliphatic carbocycles. The van der Waals surface area contributed by atoms with E-state index in [4.69, 9.17) is 0 Å². The predicted octanol–water partition coefficient (Wildman–Crippen LogP) is 20.8. The molecule has 0 fully saturated rings. The second-order valence-electron chi connectivity index (χ2n) is 21.5. The third-order valence-corrected chi connectivity index (χ3v) is 14.6. The van der Waals surface area contributed by atoms with Gasteiger partial charge >= 0.3 is 0 Å². The summed E-state index contributed by atoms with van der Waals surface area (Å²) in [5.41, 5.74) is 0. The third-order valence-electron chi connectivity index (χ3n) is 14.6. The van der Waals surface area contributed by atoms with E-state index in [1.807, 2.05) is 6.08 Å². The van der Waals surface area contributed by atoms with E-state index in [1.165, 1.54) is 295 Å². The molecule has 0 aromatic carbocycles. The van der Waals surface area contributed by atoms with Crippen LogP contribution < -0.4 is 5.32 Å². The Morgan fingerprint density at radius 3 is 0.882 bits per heavy atom. The van der Waals surface area contributed by atoms with Gasteiger partial charge in [0.25, 0.3) is 0 Å². The summed E-state index contributed by atoms with van der Waals surface area (Å²) < 4.78 is 0. The molecule has 0 rings (SSSR count). The van der Waals surface area contributed by atoms with E-state index >= 15 is 0 Å². The van der Waals surface area contributed by atoms with Gasteiger partial charge in [-0.25, -0.2) is 0 Å². The van der Waals surface area contributed by atoms with Crippen LogP contribution in [0, 0.1) is 0 Å². The summed E-state index contributed by atoms with van der Waals surface area (Å²) in [5, 5.41) is 23.2. The number of rotatable bonds is 58. The van der Waals surface area contributed by atoms with E-state index in [-0.39, 0.29) is 12.5 Å². The van der Waals surface area contributed by atoms with Crippen LogP contribution in [-0.4, -0.2) is 34.9 Å². The van der Waals surface area contributed by atoms with Crippen LogP contribution in [0.1, 0.15) is 348 Å². The van der Waals surface area contributed by atoms with Gasteiger partial charge in [-0.1, -0.05) is 326 Å². The van der Waals surface area contributed by atoms with Gasteiger partial charge in [-0.05, 0) is 51.4 Å². The van der Waals surface area contributed by atoms with E-state index in [9.17, 15) is 15.0 Å². The fourth-order valence-electron chi connectivity index (χ4n) is 9.86. The number of carbonyl (C=O) groups is 1. The lowest BCUT2D eigenvalue weighted by molar-refractivity contribution is -0.123. The molecule has 0 aromatic heterocycles. The van der Waals surface area contributed by atoms with Crippen molar-refractivity contribution in [3.63, 3.8) is 0 Å². The summed E-state index contributed by atoms with van der Waals surface area (Å²) in [5.74, 6) is -0.0616. The van der Waals surface area contributed by atoms with E-state index in [0.29, 0.717) is 6.42 Å². The van der Waals surface area contributed by atoms with Crippen molar-refractivity contribution < 1.29 is 15.0 Å². The molecule has 0 spiro atoms. The van der Waals surface area contributed by atoms with Gasteiger partial charge in [0.2, 0.25) is 5.91 Å². The molecule has 0 aliphatic heterocycles. The first-order valence-electron chi connectivity index (χ1n) is 31.2. The standard InChI is InChI=1S/C64H123NO3/c1-3-5-7-9-11-13-15-17-19-21-23-25-27-28-29-30-31-32-33-34-35-36-38-39-41-43-45-47-49-51-53-55-57-59-63(67)62(61-66)65-64(68)60-58-56-54-52-50-48-46-44-42-40-37-26-24-22-20-18-16-14-12-10-8-6-4-2/h16,18,22,24,57,59,62-63,66-67H,3-15,17,19-21,23,25-56,58,60-61H2,1-2H3,(H,65,68)/b18-16-,24-22-,59-57+. The molecule has 2 atom stereocenters. The molecule has 2 unspecified atom stereocenters. The van der Waals surface area contributed by atoms with Crippen LogP contribution in [0.3, 0.4) is 0 Å². The Bertz CT molecular complexity index is 1040. The Morgan fingerprint density at radius 1 is 0.353 bits per heavy atom. The molecule has 0 bridgehead atoms. The summed E-state index contributed by atoms with van der Waals surface area (Å²) >= 11 is 0. The Morgan fingerprint density at radius 2 is 0.603 bits per heavy atom. The van der Waals surface area contributed by atoms with Gasteiger partial charge in [-0.15, -0.1) is 0 Å². The minimum atomic E-state index is -0.841. The molecule has 0 saturated heterocycles. The molecule has 1 amide bonds. The van der Waals surface area contributed by atoms with Crippen molar-refractivity contribution in [3.8, 4) is 0 Å². The molecule has 3 N–H and O–H groups in total. The minimum absolute atomic E-state index is 0.0616. The molecular weight excluding hydrogens is 831 g/mol. The van der Waals surface area contributed by atoms with Crippen molar-refractivity contribution in [2.24, 2.45) is 0 Å². The second kappa shape index (κ2) is 59.9. The molecule has 4 heteroatoms. The number of hydrogen-bond donors (Lipinski definition) is 3. The summed E-state index contributed by atoms with van der Waals surface area (Å²) in [4.78, 5) is 12.5. The van der Waals surface area contributed by atoms with Gasteiger partial charge in [-0.3, -0.25) is 4.79 Å². The molecule has 68 heavy (non-hydrogen) atoms. The highest BCUT2D eigenvalue weighted by atomic mass is 16.3. The maximum atomic E-state index is 12.5. The number of carbonyl (C=O) groups excluding carboxylic acids is 1. The second-order valence-corrected chi connectivity index (χ2v) is 21.5. The lowest BCUT2D eigenvalue weighted by Gasteiger charge is -2.20. The van der Waals surface area contributed by atoms with Crippen molar-refractivity contribution in [3.05, 3.63) is 36.5 Å². The van der Waals surface area contributed by atoms with Crippen molar-refractivity contribution in [1.29, 1.82) is 0 Å². The largest absolute Gasteiger partial charge is 0.394 e. The summed E-state index contributed by atoms with van der Waals surface area (Å²) in [6.07, 6.45) is 82.0. The monoisotopic (exact) mass is 954 g/mol. The molecular formula is C64H123NO3. The lowest BCUT2D eigenvalue weighted by Crippen LogP contribution is -2.45. The van der Waals surface area contributed by atoms with Crippen LogP contribution in [0.15, 0.2) is 36.5 Å². The van der Waals surface area contributed by atoms with Gasteiger partial charge in [-0.2, -0.15) is 0 Å². The highest BCUT2D eigenvalue weighted by Gasteiger charge is 2.18. The number of nitrogens with one attached hydrogen (secondary N) is 1. The average Bonchev–Trinajstić information content (AvgIpc) is 3.34. The van der Waals surface area contributed by atoms with E-state index in [1.54, 1.807) is 6.08 Å². The van der Waals surface area contributed by atoms with Crippen molar-refractivity contribution in [1.82, 2.24) is 5.32 Å². The minimum Gasteiger partial charge on any atom is -0.394 e. The summed E-state index contributed by atoms with van der Waals surface area (Å²) in [6.45, 7) is 4.33. The van der Waals surface area contributed by atoms with Gasteiger partial charge < -0.3 is 15.5 Å². The number of hydrogen-bond acceptors (Lipinski definition) is 3. The van der Waals surface area contributed by atoms with Crippen LogP contribution in [0.4, 0.5) is 0 Å². The highest BCUT2D eigenvalue weighted by molar-refractivity contribution is 5.76. The topological polar surface area (TPSA) is 69.6 Å². The van der Waals surface area contributed by atoms with Gasteiger partial charge in [0.05, 0.1) is 18.8 Å². The molecule has 4 nitrogen and oxygen atoms in total. The first kappa shape index (κ1) is 66.6. The number of allylic oxidation sites excluding steroid dienone is 5. The first-order chi connectivity index (χ1) is 33.7. The summed E-state index contributed by atoms with van der Waals surface area (Å²) in [7, 11) is 0. The quantitative estimate of drug-likeness (QED) is 0.0420. The molecule has 0 aromatic rings. The predicted molar refractivity (Wildman–Crippen MR) is 304 cm³/mol. The average molecular weight is 955 g/mol. The van der Waals surface area contributed by atoms with Crippen LogP contribution in [-0.2, 0) is 4.79 Å². The number of aliphatic hydroxyl groups is 2. The summed E-state index contributed by atoms with van der Waals surface area (Å²) in [6, 6.07) is -0.625. The maximum Gasteiger partial charge on any atom is 0.220 e. The number of aliphatic hydroxyl groups excluding tert-OH is 2. The van der Waals surface area contributed by atoms with Gasteiger partial charge in [0.1, 0.15) is 0 Å². The van der Waals surface area contributed by atoms with Gasteiger partial charge in [0.15, 0.2) is 0 Å². The van der Waals surface area contributed by atoms with Crippen LogP contribution in [0.5, 0.6) is 0 Å². The molecule has 0 saturated carbocycles. The van der Waals surface area contributed by atoms with Crippen LogP contribution in [0.25, 0.3) is 0 Å². The van der Waals surface area contributed by atoms with Crippen molar-refractivity contribution >= 4 is 5.91 Å². The fourth-order valence-corrected chi connectivity index (χ4v) is 9.86. The molecule has 0 aliphatic rings. The number of amides is 1. The number of unbranched alkanes of at least 4 members (excludes halogenated alkanes) is 47. The zero-order valence-corrected chi connectivity index (χ0v) is 46.4. The Kier molecular flexibility index (Phi) is 58.7. The fraction of sp³-hybridized carbons (Fsp3) is 0.891. The van der Waals surface area contributed by atoms with Crippen molar-refractivity contribution in [2.75, 3.05) is 6.61 Å². The van der Waals surface area contributed by atoms with Crippen molar-refractivity contribution in [2.45, 2.75) is 360 Å². The van der Waals surface area contributed by atoms with Crippen LogP contribution >= 0.6 is 0 Å². The first-order valence-corrected chi connectivity index (χ1v) is 31.2. The Hall–Kier alpha value is -1.39. The Labute approximate surface area is 427 Å². The molecule has 402 valence electrons. The van der Waals surface area contributed by atoms with E-state index in [2.05, 4.69) is 43.5 Å². The Balaban J connectivity index is 3.44. The lowest BCUT2D eigenvalue weighted by atomic mass is 10.0.